The van der Waals surface area contributed by atoms with Crippen LogP contribution in [0.5, 0.6) is 5.75 Å². The third-order valence-corrected chi connectivity index (χ3v) is 6.02. The van der Waals surface area contributed by atoms with Crippen LogP contribution in [0.25, 0.3) is 0 Å². The van der Waals surface area contributed by atoms with Gasteiger partial charge in [-0.3, -0.25) is 14.5 Å². The summed E-state index contributed by atoms with van der Waals surface area (Å²) in [6.45, 7) is 4.52. The number of aromatic nitrogens is 4. The molecule has 0 spiro atoms. The van der Waals surface area contributed by atoms with E-state index in [9.17, 15) is 4.79 Å². The molecule has 1 saturated carbocycles. The van der Waals surface area contributed by atoms with E-state index in [1.54, 1.807) is 0 Å². The summed E-state index contributed by atoms with van der Waals surface area (Å²) in [5, 5.41) is 7.77. The fourth-order valence-electron chi connectivity index (χ4n) is 3.69. The van der Waals surface area contributed by atoms with Crippen LogP contribution < -0.4 is 10.1 Å². The second-order valence-electron chi connectivity index (χ2n) is 7.59. The molecule has 1 aliphatic rings. The van der Waals surface area contributed by atoms with Gasteiger partial charge in [-0.05, 0) is 45.6 Å². The number of halogens is 1. The molecule has 7 nitrogen and oxygen atoms in total. The van der Waals surface area contributed by atoms with Gasteiger partial charge in [0.05, 0.1) is 42.3 Å². The van der Waals surface area contributed by atoms with Crippen LogP contribution in [-0.2, 0) is 17.8 Å². The van der Waals surface area contributed by atoms with Gasteiger partial charge in [-0.25, -0.2) is 4.98 Å². The van der Waals surface area contributed by atoms with Gasteiger partial charge in [0.2, 0.25) is 5.91 Å². The summed E-state index contributed by atoms with van der Waals surface area (Å²) in [5.74, 6) is 0.567. The monoisotopic (exact) mass is 445 g/mol. The summed E-state index contributed by atoms with van der Waals surface area (Å²) in [6, 6.07) is 5.85. The Kier molecular flexibility index (Phi) is 6.34. The van der Waals surface area contributed by atoms with E-state index in [-0.39, 0.29) is 18.4 Å². The van der Waals surface area contributed by atoms with Crippen LogP contribution in [0.1, 0.15) is 48.5 Å². The van der Waals surface area contributed by atoms with Crippen molar-refractivity contribution in [2.24, 2.45) is 0 Å². The van der Waals surface area contributed by atoms with Gasteiger partial charge in [-0.15, -0.1) is 0 Å². The van der Waals surface area contributed by atoms with E-state index in [4.69, 9.17) is 21.3 Å². The topological polar surface area (TPSA) is 81.9 Å². The smallest absolute Gasteiger partial charge is 0.232 e. The molecule has 30 heavy (non-hydrogen) atoms. The molecular formula is C21H24ClN5O2S. The molecule has 0 bridgehead atoms. The highest BCUT2D eigenvalue weighted by Gasteiger charge is 2.18. The Balaban J connectivity index is 1.54. The maximum atomic E-state index is 12.5. The first kappa shape index (κ1) is 20.8. The van der Waals surface area contributed by atoms with Crippen molar-refractivity contribution in [3.8, 4) is 5.75 Å². The number of pyridine rings is 1. The third kappa shape index (κ3) is 5.37. The fourth-order valence-corrected chi connectivity index (χ4v) is 4.51. The van der Waals surface area contributed by atoms with Gasteiger partial charge < -0.3 is 10.1 Å². The van der Waals surface area contributed by atoms with Crippen molar-refractivity contribution in [2.45, 2.75) is 58.6 Å². The molecule has 158 valence electrons. The van der Waals surface area contributed by atoms with Crippen molar-refractivity contribution in [3.63, 3.8) is 0 Å². The molecule has 4 rings (SSSR count). The Morgan fingerprint density at radius 3 is 2.70 bits per heavy atom. The number of ether oxygens (including phenoxy) is 1. The zero-order chi connectivity index (χ0) is 21.1. The van der Waals surface area contributed by atoms with Gasteiger partial charge in [-0.2, -0.15) is 5.10 Å². The number of rotatable bonds is 7. The number of hydrogen-bond acceptors (Lipinski definition) is 6. The van der Waals surface area contributed by atoms with Crippen molar-refractivity contribution in [1.29, 1.82) is 0 Å². The molecule has 0 aromatic carbocycles. The van der Waals surface area contributed by atoms with Crippen molar-refractivity contribution in [3.05, 3.63) is 51.5 Å². The summed E-state index contributed by atoms with van der Waals surface area (Å²) in [6.07, 6.45) is 6.39. The van der Waals surface area contributed by atoms with Gasteiger partial charge in [0.1, 0.15) is 10.1 Å². The third-order valence-electron chi connectivity index (χ3n) is 4.99. The molecule has 0 radical (unpaired) electrons. The number of aryl methyl sites for hydroxylation is 2. The number of carbonyl (C=O) groups is 1. The first-order valence-corrected chi connectivity index (χ1v) is 11.2. The fraction of sp³-hybridized carbons (Fsp3) is 0.429. The zero-order valence-electron chi connectivity index (χ0n) is 17.0. The molecule has 0 saturated heterocycles. The maximum Gasteiger partial charge on any atom is 0.232 e. The standard InChI is InChI=1S/C21H24ClN5O2S/c1-13-7-14(2)27(26-13)12-16-9-18(29-17-5-3-4-6-17)8-15(24-16)10-20(28)25-21-23-11-19(22)30-21/h7-9,11,17H,3-6,10,12H2,1-2H3,(H,23,25,28). The average molecular weight is 446 g/mol. The highest BCUT2D eigenvalue weighted by molar-refractivity contribution is 7.19. The highest BCUT2D eigenvalue weighted by Crippen LogP contribution is 2.26. The molecule has 0 atom stereocenters. The maximum absolute atomic E-state index is 12.5. The molecule has 1 amide bonds. The van der Waals surface area contributed by atoms with E-state index in [1.807, 2.05) is 36.7 Å². The quantitative estimate of drug-likeness (QED) is 0.576. The number of nitrogens with one attached hydrogen (secondary N) is 1. The SMILES string of the molecule is Cc1cc(C)n(Cc2cc(OC3CCCC3)cc(CC(=O)Nc3ncc(Cl)s3)n2)n1. The Hall–Kier alpha value is -2.45. The predicted octanol–water partition coefficient (Wildman–Crippen LogP) is 4.56. The summed E-state index contributed by atoms with van der Waals surface area (Å²) >= 11 is 7.11. The first-order valence-electron chi connectivity index (χ1n) is 10.0. The Morgan fingerprint density at radius 1 is 1.27 bits per heavy atom. The van der Waals surface area contributed by atoms with E-state index < -0.39 is 0 Å². The van der Waals surface area contributed by atoms with Crippen LogP contribution in [0.4, 0.5) is 5.13 Å². The lowest BCUT2D eigenvalue weighted by atomic mass is 10.2. The van der Waals surface area contributed by atoms with Crippen LogP contribution >= 0.6 is 22.9 Å². The number of carbonyl (C=O) groups excluding carboxylic acids is 1. The minimum absolute atomic E-state index is 0.128. The van der Waals surface area contributed by atoms with Crippen molar-refractivity contribution in [2.75, 3.05) is 5.32 Å². The van der Waals surface area contributed by atoms with Crippen molar-refractivity contribution in [1.82, 2.24) is 19.7 Å². The molecule has 9 heteroatoms. The zero-order valence-corrected chi connectivity index (χ0v) is 18.6. The summed E-state index contributed by atoms with van der Waals surface area (Å²) in [7, 11) is 0. The second-order valence-corrected chi connectivity index (χ2v) is 9.25. The lowest BCUT2D eigenvalue weighted by molar-refractivity contribution is -0.115. The molecule has 0 unspecified atom stereocenters. The van der Waals surface area contributed by atoms with E-state index in [1.165, 1.54) is 30.4 Å². The molecule has 1 N–H and O–H groups in total. The minimum Gasteiger partial charge on any atom is -0.490 e. The molecule has 3 heterocycles. The number of amides is 1. The number of thiazole rings is 1. The van der Waals surface area contributed by atoms with Crippen LogP contribution in [0.3, 0.4) is 0 Å². The van der Waals surface area contributed by atoms with Crippen LogP contribution in [0, 0.1) is 13.8 Å². The Bertz CT molecular complexity index is 1040. The van der Waals surface area contributed by atoms with Crippen LogP contribution in [-0.4, -0.2) is 31.8 Å². The Labute approximate surface area is 184 Å². The van der Waals surface area contributed by atoms with Gasteiger partial charge in [0, 0.05) is 17.8 Å². The van der Waals surface area contributed by atoms with Gasteiger partial charge in [0.15, 0.2) is 5.13 Å². The van der Waals surface area contributed by atoms with Crippen molar-refractivity contribution < 1.29 is 9.53 Å². The normalized spacial score (nSPS) is 14.2. The second kappa shape index (κ2) is 9.14. The minimum atomic E-state index is -0.191. The molecule has 0 aliphatic heterocycles. The Morgan fingerprint density at radius 2 is 2.03 bits per heavy atom. The van der Waals surface area contributed by atoms with Crippen LogP contribution in [0.2, 0.25) is 4.34 Å². The number of nitrogens with zero attached hydrogens (tertiary/aromatic N) is 4. The summed E-state index contributed by atoms with van der Waals surface area (Å²) in [4.78, 5) is 21.3. The van der Waals surface area contributed by atoms with Gasteiger partial charge in [-0.1, -0.05) is 22.9 Å². The predicted molar refractivity (Wildman–Crippen MR) is 117 cm³/mol. The van der Waals surface area contributed by atoms with E-state index in [0.29, 0.717) is 21.7 Å². The summed E-state index contributed by atoms with van der Waals surface area (Å²) < 4.78 is 8.65. The lowest BCUT2D eigenvalue weighted by Crippen LogP contribution is -2.17. The van der Waals surface area contributed by atoms with Gasteiger partial charge in [0.25, 0.3) is 0 Å². The van der Waals surface area contributed by atoms with E-state index in [2.05, 4.69) is 15.4 Å². The molecule has 1 fully saturated rings. The largest absolute Gasteiger partial charge is 0.490 e. The number of hydrogen-bond donors (Lipinski definition) is 1. The number of anilines is 1. The molecular weight excluding hydrogens is 422 g/mol. The van der Waals surface area contributed by atoms with E-state index in [0.717, 1.165) is 35.7 Å². The van der Waals surface area contributed by atoms with Gasteiger partial charge >= 0.3 is 0 Å². The highest BCUT2D eigenvalue weighted by atomic mass is 35.5. The average Bonchev–Trinajstić information content (AvgIpc) is 3.38. The van der Waals surface area contributed by atoms with E-state index >= 15 is 0 Å². The van der Waals surface area contributed by atoms with Crippen molar-refractivity contribution >= 4 is 34.0 Å². The molecule has 3 aromatic heterocycles. The lowest BCUT2D eigenvalue weighted by Gasteiger charge is -2.15. The first-order chi connectivity index (χ1) is 14.4. The summed E-state index contributed by atoms with van der Waals surface area (Å²) in [5.41, 5.74) is 3.50. The molecule has 3 aromatic rings. The van der Waals surface area contributed by atoms with Crippen LogP contribution in [0.15, 0.2) is 24.4 Å². The molecule has 1 aliphatic carbocycles.